The molecule has 1 aromatic heterocycles. The highest BCUT2D eigenvalue weighted by Gasteiger charge is 2.21. The van der Waals surface area contributed by atoms with Crippen LogP contribution in [0.1, 0.15) is 39.5 Å². The van der Waals surface area contributed by atoms with E-state index >= 15 is 0 Å². The topological polar surface area (TPSA) is 60.7 Å². The Labute approximate surface area is 157 Å². The zero-order valence-electron chi connectivity index (χ0n) is 15.6. The van der Waals surface area contributed by atoms with Crippen molar-refractivity contribution in [3.63, 3.8) is 0 Å². The van der Waals surface area contributed by atoms with Crippen molar-refractivity contribution < 1.29 is 4.79 Å². The van der Waals surface area contributed by atoms with Crippen LogP contribution in [0.15, 0.2) is 41.6 Å². The number of aromatic nitrogens is 4. The van der Waals surface area contributed by atoms with Gasteiger partial charge in [0, 0.05) is 5.56 Å². The predicted octanol–water partition coefficient (Wildman–Crippen LogP) is 4.26. The first-order chi connectivity index (χ1) is 12.4. The summed E-state index contributed by atoms with van der Waals surface area (Å²) in [4.78, 5) is 12.8. The Morgan fingerprint density at radius 1 is 1.00 bits per heavy atom. The van der Waals surface area contributed by atoms with Gasteiger partial charge in [-0.3, -0.25) is 4.79 Å². The fourth-order valence-corrected chi connectivity index (χ4v) is 3.57. The van der Waals surface area contributed by atoms with Crippen molar-refractivity contribution >= 4 is 17.5 Å². The number of hydrogen-bond acceptors (Lipinski definition) is 5. The van der Waals surface area contributed by atoms with Crippen LogP contribution in [0.25, 0.3) is 5.69 Å². The van der Waals surface area contributed by atoms with Crippen LogP contribution < -0.4 is 0 Å². The van der Waals surface area contributed by atoms with E-state index in [4.69, 9.17) is 0 Å². The highest BCUT2D eigenvalue weighted by Crippen LogP contribution is 2.27. The average molecular weight is 366 g/mol. The molecule has 0 bridgehead atoms. The van der Waals surface area contributed by atoms with Crippen LogP contribution in [0.5, 0.6) is 0 Å². The molecule has 0 fully saturated rings. The van der Waals surface area contributed by atoms with E-state index < -0.39 is 0 Å². The van der Waals surface area contributed by atoms with Gasteiger partial charge in [0.25, 0.3) is 0 Å². The lowest BCUT2D eigenvalue weighted by molar-refractivity contribution is 0.0993. The average Bonchev–Trinajstić information content (AvgIpc) is 3.06. The number of thioether (sulfide) groups is 1. The quantitative estimate of drug-likeness (QED) is 0.499. The van der Waals surface area contributed by atoms with E-state index in [2.05, 4.69) is 21.6 Å². The number of hydrogen-bond donors (Lipinski definition) is 0. The minimum atomic E-state index is -0.285. The molecule has 0 spiro atoms. The Bertz CT molecular complexity index is 964. The second-order valence-corrected chi connectivity index (χ2v) is 7.89. The van der Waals surface area contributed by atoms with E-state index in [1.54, 1.807) is 4.68 Å². The molecule has 0 saturated heterocycles. The molecule has 0 N–H and O–H groups in total. The summed E-state index contributed by atoms with van der Waals surface area (Å²) < 4.78 is 1.71. The molecule has 2 aromatic carbocycles. The number of aryl methyl sites for hydroxylation is 4. The second-order valence-electron chi connectivity index (χ2n) is 6.59. The lowest BCUT2D eigenvalue weighted by Gasteiger charge is -2.12. The summed E-state index contributed by atoms with van der Waals surface area (Å²) >= 11 is 1.38. The molecule has 0 aliphatic rings. The van der Waals surface area contributed by atoms with Crippen molar-refractivity contribution in [3.8, 4) is 5.69 Å². The molecule has 26 heavy (non-hydrogen) atoms. The molecule has 0 radical (unpaired) electrons. The van der Waals surface area contributed by atoms with Gasteiger partial charge in [-0.1, -0.05) is 36.0 Å². The Hall–Kier alpha value is -2.47. The van der Waals surface area contributed by atoms with E-state index in [1.807, 2.05) is 65.0 Å². The van der Waals surface area contributed by atoms with Gasteiger partial charge in [-0.25, -0.2) is 0 Å². The van der Waals surface area contributed by atoms with E-state index in [-0.39, 0.29) is 11.0 Å². The summed E-state index contributed by atoms with van der Waals surface area (Å²) in [7, 11) is 0. The van der Waals surface area contributed by atoms with Crippen LogP contribution in [0.4, 0.5) is 0 Å². The number of benzene rings is 2. The number of carbonyl (C=O) groups is 1. The van der Waals surface area contributed by atoms with Crippen molar-refractivity contribution in [2.45, 2.75) is 45.0 Å². The fourth-order valence-electron chi connectivity index (χ4n) is 2.69. The van der Waals surface area contributed by atoms with E-state index in [1.165, 1.54) is 17.3 Å². The van der Waals surface area contributed by atoms with Crippen molar-refractivity contribution in [2.24, 2.45) is 0 Å². The summed E-state index contributed by atoms with van der Waals surface area (Å²) in [5.41, 5.74) is 6.17. The molecule has 0 saturated carbocycles. The van der Waals surface area contributed by atoms with Crippen LogP contribution >= 0.6 is 11.8 Å². The molecule has 0 amide bonds. The molecule has 6 heteroatoms. The van der Waals surface area contributed by atoms with Crippen molar-refractivity contribution in [1.82, 2.24) is 20.2 Å². The maximum absolute atomic E-state index is 12.8. The Kier molecular flexibility index (Phi) is 5.23. The van der Waals surface area contributed by atoms with Crippen LogP contribution in [0.2, 0.25) is 0 Å². The summed E-state index contributed by atoms with van der Waals surface area (Å²) in [5.74, 6) is 0.0774. The Morgan fingerprint density at radius 2 is 1.73 bits per heavy atom. The predicted molar refractivity (Wildman–Crippen MR) is 104 cm³/mol. The largest absolute Gasteiger partial charge is 0.293 e. The second kappa shape index (κ2) is 7.41. The van der Waals surface area contributed by atoms with E-state index in [0.29, 0.717) is 5.16 Å². The minimum Gasteiger partial charge on any atom is -0.293 e. The van der Waals surface area contributed by atoms with Gasteiger partial charge in [0.05, 0.1) is 10.9 Å². The molecule has 1 atom stereocenters. The van der Waals surface area contributed by atoms with Gasteiger partial charge in [0.1, 0.15) is 0 Å². The molecule has 134 valence electrons. The third-order valence-corrected chi connectivity index (χ3v) is 5.51. The first kappa shape index (κ1) is 18.3. The lowest BCUT2D eigenvalue weighted by Crippen LogP contribution is -2.15. The van der Waals surface area contributed by atoms with Gasteiger partial charge in [-0.2, -0.15) is 4.68 Å². The number of ketones is 1. The summed E-state index contributed by atoms with van der Waals surface area (Å²) in [6.45, 7) is 10.0. The van der Waals surface area contributed by atoms with Gasteiger partial charge in [0.2, 0.25) is 5.16 Å². The number of nitrogens with zero attached hydrogens (tertiary/aromatic N) is 4. The molecule has 3 rings (SSSR count). The summed E-state index contributed by atoms with van der Waals surface area (Å²) in [6, 6.07) is 12.0. The van der Waals surface area contributed by atoms with Crippen molar-refractivity contribution in [2.75, 3.05) is 0 Å². The Balaban J connectivity index is 1.85. The van der Waals surface area contributed by atoms with Crippen LogP contribution in [-0.4, -0.2) is 31.2 Å². The van der Waals surface area contributed by atoms with Crippen LogP contribution in [0.3, 0.4) is 0 Å². The maximum Gasteiger partial charge on any atom is 0.214 e. The third kappa shape index (κ3) is 3.70. The Morgan fingerprint density at radius 3 is 2.46 bits per heavy atom. The van der Waals surface area contributed by atoms with Gasteiger partial charge in [-0.15, -0.1) is 5.10 Å². The molecule has 0 unspecified atom stereocenters. The van der Waals surface area contributed by atoms with Gasteiger partial charge < -0.3 is 0 Å². The monoisotopic (exact) mass is 366 g/mol. The molecule has 0 aliphatic heterocycles. The molecule has 5 nitrogen and oxygen atoms in total. The first-order valence-corrected chi connectivity index (χ1v) is 9.39. The van der Waals surface area contributed by atoms with Crippen molar-refractivity contribution in [3.05, 3.63) is 64.2 Å². The standard InChI is InChI=1S/C20H22N4OS/c1-12-6-7-14(3)18(10-12)24-20(21-22-23-24)26-16(5)19(25)17-9-8-13(2)15(4)11-17/h6-11,16H,1-5H3/t16-/m0/s1. The maximum atomic E-state index is 12.8. The van der Waals surface area contributed by atoms with Crippen LogP contribution in [-0.2, 0) is 0 Å². The third-order valence-electron chi connectivity index (χ3n) is 4.48. The minimum absolute atomic E-state index is 0.0774. The number of tetrazole rings is 1. The molecule has 3 aromatic rings. The normalized spacial score (nSPS) is 12.2. The van der Waals surface area contributed by atoms with Crippen LogP contribution in [0, 0.1) is 27.7 Å². The van der Waals surface area contributed by atoms with Gasteiger partial charge >= 0.3 is 0 Å². The zero-order valence-corrected chi connectivity index (χ0v) is 16.5. The number of carbonyl (C=O) groups excluding carboxylic acids is 1. The molecule has 0 aliphatic carbocycles. The number of rotatable bonds is 5. The highest BCUT2D eigenvalue weighted by atomic mass is 32.2. The first-order valence-electron chi connectivity index (χ1n) is 8.51. The lowest BCUT2D eigenvalue weighted by atomic mass is 10.0. The van der Waals surface area contributed by atoms with Crippen molar-refractivity contribution in [1.29, 1.82) is 0 Å². The molecule has 1 heterocycles. The van der Waals surface area contributed by atoms with Gasteiger partial charge in [-0.05, 0) is 79.4 Å². The summed E-state index contributed by atoms with van der Waals surface area (Å²) in [6.07, 6.45) is 0. The van der Waals surface area contributed by atoms with E-state index in [9.17, 15) is 4.79 Å². The zero-order chi connectivity index (χ0) is 18.8. The molecular weight excluding hydrogens is 344 g/mol. The highest BCUT2D eigenvalue weighted by molar-refractivity contribution is 8.00. The smallest absolute Gasteiger partial charge is 0.214 e. The fraction of sp³-hybridized carbons (Fsp3) is 0.300. The summed E-state index contributed by atoms with van der Waals surface area (Å²) in [5, 5.41) is 12.4. The SMILES string of the molecule is Cc1ccc(C)c(-n2nnnc2S[C@@H](C)C(=O)c2ccc(C)c(C)c2)c1. The van der Waals surface area contributed by atoms with E-state index in [0.717, 1.165) is 27.9 Å². The van der Waals surface area contributed by atoms with Gasteiger partial charge in [0.15, 0.2) is 5.78 Å². The molecular formula is C20H22N4OS. The number of Topliss-reactive ketones (excluding diaryl/α,β-unsaturated/α-hetero) is 1.